The number of carbonyl (C=O) groups is 1. The van der Waals surface area contributed by atoms with E-state index in [2.05, 4.69) is 27.7 Å². The molecule has 0 radical (unpaired) electrons. The van der Waals surface area contributed by atoms with Crippen molar-refractivity contribution in [1.29, 1.82) is 0 Å². The van der Waals surface area contributed by atoms with Gasteiger partial charge in [0.05, 0.1) is 0 Å². The van der Waals surface area contributed by atoms with E-state index in [1.54, 1.807) is 0 Å². The van der Waals surface area contributed by atoms with Gasteiger partial charge in [0.1, 0.15) is 5.60 Å². The summed E-state index contributed by atoms with van der Waals surface area (Å²) in [6.07, 6.45) is 10.0. The molecule has 126 valence electrons. The predicted octanol–water partition coefficient (Wildman–Crippen LogP) is 5.35. The molecule has 0 spiro atoms. The lowest BCUT2D eigenvalue weighted by Gasteiger charge is -2.41. The van der Waals surface area contributed by atoms with Crippen molar-refractivity contribution < 1.29 is 9.53 Å². The second-order valence-corrected chi connectivity index (χ2v) is 8.96. The number of carbonyl (C=O) groups excluding carboxylic acids is 1. The zero-order chi connectivity index (χ0) is 16.0. The zero-order valence-electron chi connectivity index (χ0n) is 15.0. The van der Waals surface area contributed by atoms with Gasteiger partial charge >= 0.3 is 5.97 Å². The van der Waals surface area contributed by atoms with Crippen LogP contribution in [0.25, 0.3) is 0 Å². The van der Waals surface area contributed by atoms with Crippen molar-refractivity contribution in [2.75, 3.05) is 0 Å². The third-order valence-electron chi connectivity index (χ3n) is 7.78. The first-order valence-corrected chi connectivity index (χ1v) is 9.60. The van der Waals surface area contributed by atoms with E-state index in [0.29, 0.717) is 11.8 Å². The van der Waals surface area contributed by atoms with Crippen molar-refractivity contribution in [3.63, 3.8) is 0 Å². The Morgan fingerprint density at radius 1 is 1.18 bits per heavy atom. The molecule has 0 saturated heterocycles. The molecule has 3 aliphatic carbocycles. The molecule has 0 aliphatic heterocycles. The van der Waals surface area contributed by atoms with Gasteiger partial charge in [-0.2, -0.15) is 0 Å². The Morgan fingerprint density at radius 3 is 2.41 bits per heavy atom. The average molecular weight is 306 g/mol. The molecule has 0 aromatic rings. The van der Waals surface area contributed by atoms with Crippen molar-refractivity contribution in [2.24, 2.45) is 29.1 Å². The summed E-state index contributed by atoms with van der Waals surface area (Å²) in [7, 11) is 0. The molecule has 4 unspecified atom stereocenters. The summed E-state index contributed by atoms with van der Waals surface area (Å²) in [6, 6.07) is 0. The predicted molar refractivity (Wildman–Crippen MR) is 89.5 cm³/mol. The number of hydrogen-bond acceptors (Lipinski definition) is 2. The summed E-state index contributed by atoms with van der Waals surface area (Å²) >= 11 is 0. The molecule has 0 aromatic carbocycles. The number of ether oxygens (including phenoxy) is 1. The first-order chi connectivity index (χ1) is 10.4. The maximum atomic E-state index is 12.3. The summed E-state index contributed by atoms with van der Waals surface area (Å²) in [5.41, 5.74) is 0.354. The van der Waals surface area contributed by atoms with Crippen molar-refractivity contribution >= 4 is 5.97 Å². The van der Waals surface area contributed by atoms with Crippen LogP contribution in [0.1, 0.15) is 85.5 Å². The van der Waals surface area contributed by atoms with Crippen LogP contribution in [-0.2, 0) is 9.53 Å². The van der Waals surface area contributed by atoms with Gasteiger partial charge in [-0.1, -0.05) is 27.7 Å². The van der Waals surface area contributed by atoms with Crippen molar-refractivity contribution in [3.8, 4) is 0 Å². The minimum atomic E-state index is -0.112. The lowest BCUT2D eigenvalue weighted by Crippen LogP contribution is -2.35. The molecule has 2 nitrogen and oxygen atoms in total. The van der Waals surface area contributed by atoms with Gasteiger partial charge in [0.2, 0.25) is 0 Å². The Bertz CT molecular complexity index is 419. The second-order valence-electron chi connectivity index (χ2n) is 8.96. The quantitative estimate of drug-likeness (QED) is 0.640. The van der Waals surface area contributed by atoms with E-state index in [4.69, 9.17) is 4.74 Å². The van der Waals surface area contributed by atoms with Crippen LogP contribution in [-0.4, -0.2) is 11.6 Å². The Kier molecular flexibility index (Phi) is 4.33. The molecular weight excluding hydrogens is 272 g/mol. The highest BCUT2D eigenvalue weighted by Crippen LogP contribution is 2.62. The van der Waals surface area contributed by atoms with Crippen LogP contribution in [0.2, 0.25) is 0 Å². The minimum Gasteiger partial charge on any atom is -0.459 e. The normalized spacial score (nSPS) is 38.4. The fourth-order valence-electron chi connectivity index (χ4n) is 5.89. The van der Waals surface area contributed by atoms with E-state index in [0.717, 1.165) is 49.4 Å². The van der Waals surface area contributed by atoms with E-state index in [1.807, 2.05) is 0 Å². The standard InChI is InChI=1S/C20H34O2/c1-5-20(10-6-7-11-20)22-18(21)9-8-15-12-16-13-17(15)19(3,4)14(16)2/h14-17H,5-13H2,1-4H3. The molecule has 0 amide bonds. The highest BCUT2D eigenvalue weighted by atomic mass is 16.6. The summed E-state index contributed by atoms with van der Waals surface area (Å²) in [4.78, 5) is 12.3. The van der Waals surface area contributed by atoms with Crippen molar-refractivity contribution in [1.82, 2.24) is 0 Å². The fourth-order valence-corrected chi connectivity index (χ4v) is 5.89. The Balaban J connectivity index is 1.50. The van der Waals surface area contributed by atoms with Crippen LogP contribution in [0.5, 0.6) is 0 Å². The molecule has 3 saturated carbocycles. The van der Waals surface area contributed by atoms with E-state index in [9.17, 15) is 4.79 Å². The first-order valence-electron chi connectivity index (χ1n) is 9.60. The summed E-state index contributed by atoms with van der Waals surface area (Å²) < 4.78 is 5.92. The molecule has 3 aliphatic rings. The van der Waals surface area contributed by atoms with Crippen LogP contribution < -0.4 is 0 Å². The molecule has 2 bridgehead atoms. The first kappa shape index (κ1) is 16.3. The molecule has 3 fully saturated rings. The van der Waals surface area contributed by atoms with Crippen LogP contribution in [0, 0.1) is 29.1 Å². The number of rotatable bonds is 5. The molecule has 0 N–H and O–H groups in total. The third kappa shape index (κ3) is 2.71. The fraction of sp³-hybridized carbons (Fsp3) is 0.950. The highest BCUT2D eigenvalue weighted by Gasteiger charge is 2.54. The van der Waals surface area contributed by atoms with Gasteiger partial charge in [-0.25, -0.2) is 0 Å². The van der Waals surface area contributed by atoms with Gasteiger partial charge < -0.3 is 4.74 Å². The molecule has 2 heteroatoms. The van der Waals surface area contributed by atoms with Gasteiger partial charge in [0, 0.05) is 6.42 Å². The highest BCUT2D eigenvalue weighted by molar-refractivity contribution is 5.70. The third-order valence-corrected chi connectivity index (χ3v) is 7.78. The van der Waals surface area contributed by atoms with Crippen LogP contribution in [0.3, 0.4) is 0 Å². The molecule has 3 rings (SSSR count). The van der Waals surface area contributed by atoms with Crippen molar-refractivity contribution in [2.45, 2.75) is 91.1 Å². The van der Waals surface area contributed by atoms with Crippen LogP contribution in [0.15, 0.2) is 0 Å². The maximum Gasteiger partial charge on any atom is 0.306 e. The monoisotopic (exact) mass is 306 g/mol. The second kappa shape index (κ2) is 5.83. The molecular formula is C20H34O2. The number of hydrogen-bond donors (Lipinski definition) is 0. The maximum absolute atomic E-state index is 12.3. The smallest absolute Gasteiger partial charge is 0.306 e. The van der Waals surface area contributed by atoms with Crippen LogP contribution >= 0.6 is 0 Å². The van der Waals surface area contributed by atoms with Gasteiger partial charge in [-0.15, -0.1) is 0 Å². The molecule has 0 aromatic heterocycles. The van der Waals surface area contributed by atoms with E-state index in [-0.39, 0.29) is 11.6 Å². The van der Waals surface area contributed by atoms with E-state index >= 15 is 0 Å². The largest absolute Gasteiger partial charge is 0.459 e. The summed E-state index contributed by atoms with van der Waals surface area (Å²) in [5, 5.41) is 0. The Morgan fingerprint density at radius 2 is 1.86 bits per heavy atom. The zero-order valence-corrected chi connectivity index (χ0v) is 15.0. The Hall–Kier alpha value is -0.530. The summed E-state index contributed by atoms with van der Waals surface area (Å²) in [5.74, 6) is 3.40. The number of fused-ring (bicyclic) bond motifs is 2. The molecule has 22 heavy (non-hydrogen) atoms. The van der Waals surface area contributed by atoms with E-state index < -0.39 is 0 Å². The molecule has 4 atom stereocenters. The van der Waals surface area contributed by atoms with Crippen molar-refractivity contribution in [3.05, 3.63) is 0 Å². The lowest BCUT2D eigenvalue weighted by atomic mass is 9.64. The summed E-state index contributed by atoms with van der Waals surface area (Å²) in [6.45, 7) is 9.48. The average Bonchev–Trinajstić information content (AvgIpc) is 3.15. The van der Waals surface area contributed by atoms with Gasteiger partial charge in [0.15, 0.2) is 0 Å². The van der Waals surface area contributed by atoms with Gasteiger partial charge in [0.25, 0.3) is 0 Å². The van der Waals surface area contributed by atoms with Gasteiger partial charge in [-0.3, -0.25) is 4.79 Å². The number of esters is 1. The molecule has 0 heterocycles. The minimum absolute atomic E-state index is 0.0670. The lowest BCUT2D eigenvalue weighted by molar-refractivity contribution is -0.160. The van der Waals surface area contributed by atoms with Crippen LogP contribution in [0.4, 0.5) is 0 Å². The van der Waals surface area contributed by atoms with E-state index in [1.165, 1.54) is 25.7 Å². The van der Waals surface area contributed by atoms with Gasteiger partial charge in [-0.05, 0) is 80.5 Å². The Labute approximate surface area is 136 Å². The SMILES string of the molecule is CCC1(OC(=O)CCC2CC3CC2C(C)(C)C3C)CCCC1. The topological polar surface area (TPSA) is 26.3 Å².